The average Bonchev–Trinajstić information content (AvgIpc) is 3.09. The second kappa shape index (κ2) is 11.2. The molecule has 30 heavy (non-hydrogen) atoms. The average molecular weight is 528 g/mol. The van der Waals surface area contributed by atoms with Crippen molar-refractivity contribution in [1.29, 1.82) is 0 Å². The highest BCUT2D eigenvalue weighted by Crippen LogP contribution is 2.09. The highest BCUT2D eigenvalue weighted by Gasteiger charge is 2.24. The van der Waals surface area contributed by atoms with Crippen molar-refractivity contribution >= 4 is 36.0 Å². The van der Waals surface area contributed by atoms with Gasteiger partial charge < -0.3 is 20.7 Å². The van der Waals surface area contributed by atoms with Crippen LogP contribution >= 0.6 is 24.0 Å². The first-order valence-electron chi connectivity index (χ1n) is 9.64. The molecule has 0 saturated carbocycles. The van der Waals surface area contributed by atoms with E-state index in [1.165, 1.54) is 0 Å². The Morgan fingerprint density at radius 1 is 1.10 bits per heavy atom. The molecule has 1 amide bonds. The summed E-state index contributed by atoms with van der Waals surface area (Å²) in [5, 5.41) is 13.9. The summed E-state index contributed by atoms with van der Waals surface area (Å²) in [5.41, 5.74) is 0.850. The van der Waals surface area contributed by atoms with Crippen LogP contribution in [0.5, 0.6) is 0 Å². The number of amides is 1. The summed E-state index contributed by atoms with van der Waals surface area (Å²) in [4.78, 5) is 16.2. The zero-order valence-electron chi connectivity index (χ0n) is 18.5. The van der Waals surface area contributed by atoms with E-state index in [0.29, 0.717) is 19.0 Å². The lowest BCUT2D eigenvalue weighted by Crippen LogP contribution is -2.54. The monoisotopic (exact) mass is 528 g/mol. The minimum atomic E-state index is -0.533. The number of hydrogen-bond donors (Lipinski definition) is 3. The number of nitrogens with zero attached hydrogens (tertiary/aromatic N) is 3. The number of para-hydroxylation sites is 1. The molecule has 1 aromatic carbocycles. The molecule has 0 radical (unpaired) electrons. The van der Waals surface area contributed by atoms with Crippen LogP contribution in [-0.2, 0) is 11.3 Å². The number of alkyl carbamates (subject to hydrolysis) is 1. The van der Waals surface area contributed by atoms with E-state index in [1.54, 1.807) is 7.05 Å². The molecule has 166 valence electrons. The molecule has 0 bridgehead atoms. The van der Waals surface area contributed by atoms with Crippen molar-refractivity contribution in [2.45, 2.75) is 52.3 Å². The molecule has 3 N–H and O–H groups in total. The van der Waals surface area contributed by atoms with Gasteiger partial charge in [0.15, 0.2) is 5.96 Å². The van der Waals surface area contributed by atoms with Crippen molar-refractivity contribution in [3.63, 3.8) is 0 Å². The summed E-state index contributed by atoms with van der Waals surface area (Å²) < 4.78 is 7.15. The fraction of sp³-hybridized carbons (Fsp3) is 0.476. The summed E-state index contributed by atoms with van der Waals surface area (Å²) in [6.07, 6.45) is 1.48. The third-order valence-corrected chi connectivity index (χ3v) is 3.86. The zero-order chi connectivity index (χ0) is 21.5. The number of ether oxygens (including phenoxy) is 1. The first-order valence-corrected chi connectivity index (χ1v) is 9.64. The summed E-state index contributed by atoms with van der Waals surface area (Å²) in [6, 6.07) is 11.9. The van der Waals surface area contributed by atoms with Crippen molar-refractivity contribution in [1.82, 2.24) is 25.7 Å². The Labute approximate surface area is 195 Å². The molecule has 0 aliphatic rings. The van der Waals surface area contributed by atoms with Gasteiger partial charge in [-0.25, -0.2) is 9.48 Å². The van der Waals surface area contributed by atoms with Gasteiger partial charge in [0.25, 0.3) is 0 Å². The summed E-state index contributed by atoms with van der Waals surface area (Å²) in [5.74, 6) is 0.623. The van der Waals surface area contributed by atoms with Crippen molar-refractivity contribution in [3.05, 3.63) is 48.3 Å². The lowest BCUT2D eigenvalue weighted by atomic mass is 10.1. The van der Waals surface area contributed by atoms with Gasteiger partial charge in [-0.15, -0.1) is 24.0 Å². The standard InChI is InChI=1S/C21H32N6O2.HI/c1-20(2,3)29-19(28)25-21(4,5)15-24-18(22-6)23-14-16-12-13-27(26-16)17-10-8-7-9-11-17;/h7-13H,14-15H2,1-6H3,(H,25,28)(H2,22,23,24);1H. The van der Waals surface area contributed by atoms with Crippen molar-refractivity contribution in [3.8, 4) is 5.69 Å². The van der Waals surface area contributed by atoms with Crippen molar-refractivity contribution in [2.75, 3.05) is 13.6 Å². The molecule has 1 aromatic heterocycles. The number of guanidine groups is 1. The number of benzene rings is 1. The number of nitrogens with one attached hydrogen (secondary N) is 3. The maximum absolute atomic E-state index is 12.0. The van der Waals surface area contributed by atoms with Gasteiger partial charge >= 0.3 is 6.09 Å². The SMILES string of the molecule is CN=C(NCc1ccn(-c2ccccc2)n1)NCC(C)(C)NC(=O)OC(C)(C)C.I. The Morgan fingerprint density at radius 3 is 2.37 bits per heavy atom. The smallest absolute Gasteiger partial charge is 0.408 e. The summed E-state index contributed by atoms with van der Waals surface area (Å²) in [6.45, 7) is 10.3. The quantitative estimate of drug-likeness (QED) is 0.304. The van der Waals surface area contributed by atoms with E-state index in [0.717, 1.165) is 11.4 Å². The summed E-state index contributed by atoms with van der Waals surface area (Å²) >= 11 is 0. The highest BCUT2D eigenvalue weighted by molar-refractivity contribution is 14.0. The Hall–Kier alpha value is -2.30. The van der Waals surface area contributed by atoms with Gasteiger partial charge in [0.05, 0.1) is 23.5 Å². The fourth-order valence-electron chi connectivity index (χ4n) is 2.50. The minimum absolute atomic E-state index is 0. The molecule has 0 atom stereocenters. The Balaban J connectivity index is 0.00000450. The zero-order valence-corrected chi connectivity index (χ0v) is 20.9. The van der Waals surface area contributed by atoms with Crippen LogP contribution in [0.1, 0.15) is 40.3 Å². The summed E-state index contributed by atoms with van der Waals surface area (Å²) in [7, 11) is 1.70. The topological polar surface area (TPSA) is 92.6 Å². The Kier molecular flexibility index (Phi) is 9.60. The second-order valence-corrected chi connectivity index (χ2v) is 8.38. The number of rotatable bonds is 6. The largest absolute Gasteiger partial charge is 0.444 e. The van der Waals surface area contributed by atoms with Gasteiger partial charge in [0.2, 0.25) is 0 Å². The molecule has 0 spiro atoms. The van der Waals surface area contributed by atoms with Crippen LogP contribution in [0.2, 0.25) is 0 Å². The molecule has 0 aliphatic heterocycles. The van der Waals surface area contributed by atoms with Gasteiger partial charge in [0.1, 0.15) is 5.60 Å². The van der Waals surface area contributed by atoms with Crippen LogP contribution in [0.3, 0.4) is 0 Å². The molecule has 0 fully saturated rings. The molecule has 1 heterocycles. The van der Waals surface area contributed by atoms with Crippen LogP contribution in [0, 0.1) is 0 Å². The van der Waals surface area contributed by atoms with E-state index in [2.05, 4.69) is 26.0 Å². The number of hydrogen-bond acceptors (Lipinski definition) is 4. The van der Waals surface area contributed by atoms with E-state index < -0.39 is 17.2 Å². The van der Waals surface area contributed by atoms with Gasteiger partial charge in [-0.1, -0.05) is 18.2 Å². The highest BCUT2D eigenvalue weighted by atomic mass is 127. The third kappa shape index (κ3) is 9.02. The second-order valence-electron chi connectivity index (χ2n) is 8.38. The lowest BCUT2D eigenvalue weighted by Gasteiger charge is -2.29. The van der Waals surface area contributed by atoms with E-state index in [1.807, 2.05) is 81.9 Å². The van der Waals surface area contributed by atoms with Gasteiger partial charge in [-0.05, 0) is 52.8 Å². The first kappa shape index (κ1) is 25.7. The lowest BCUT2D eigenvalue weighted by molar-refractivity contribution is 0.0474. The maximum Gasteiger partial charge on any atom is 0.408 e. The van der Waals surface area contributed by atoms with Crippen LogP contribution < -0.4 is 16.0 Å². The number of halogens is 1. The van der Waals surface area contributed by atoms with E-state index >= 15 is 0 Å². The number of aromatic nitrogens is 2. The molecule has 0 aliphatic carbocycles. The van der Waals surface area contributed by atoms with Crippen LogP contribution in [0.4, 0.5) is 4.79 Å². The van der Waals surface area contributed by atoms with E-state index in [4.69, 9.17) is 4.74 Å². The van der Waals surface area contributed by atoms with Crippen molar-refractivity contribution in [2.24, 2.45) is 4.99 Å². The molecule has 0 saturated heterocycles. The fourth-order valence-corrected chi connectivity index (χ4v) is 2.50. The Bertz CT molecular complexity index is 828. The Morgan fingerprint density at radius 2 is 1.77 bits per heavy atom. The van der Waals surface area contributed by atoms with Crippen LogP contribution in [0.15, 0.2) is 47.6 Å². The van der Waals surface area contributed by atoms with E-state index in [-0.39, 0.29) is 24.0 Å². The molecule has 9 heteroatoms. The minimum Gasteiger partial charge on any atom is -0.444 e. The van der Waals surface area contributed by atoms with Gasteiger partial charge in [0, 0.05) is 19.8 Å². The third-order valence-electron chi connectivity index (χ3n) is 3.86. The van der Waals surface area contributed by atoms with Gasteiger partial charge in [-0.3, -0.25) is 4.99 Å². The first-order chi connectivity index (χ1) is 13.6. The number of carbonyl (C=O) groups is 1. The molecular weight excluding hydrogens is 495 g/mol. The normalized spacial score (nSPS) is 12.0. The maximum atomic E-state index is 12.0. The van der Waals surface area contributed by atoms with Crippen LogP contribution in [0.25, 0.3) is 5.69 Å². The molecule has 8 nitrogen and oxygen atoms in total. The van der Waals surface area contributed by atoms with Gasteiger partial charge in [-0.2, -0.15) is 5.10 Å². The molecular formula is C21H33IN6O2. The number of carbonyl (C=O) groups excluding carboxylic acids is 1. The molecule has 2 aromatic rings. The van der Waals surface area contributed by atoms with Crippen LogP contribution in [-0.4, -0.2) is 46.6 Å². The van der Waals surface area contributed by atoms with E-state index in [9.17, 15) is 4.79 Å². The number of aliphatic imine (C=N–C) groups is 1. The molecule has 2 rings (SSSR count). The predicted octanol–water partition coefficient (Wildman–Crippen LogP) is 3.46. The molecule has 0 unspecified atom stereocenters. The predicted molar refractivity (Wildman–Crippen MR) is 131 cm³/mol. The van der Waals surface area contributed by atoms with Crippen molar-refractivity contribution < 1.29 is 9.53 Å².